The summed E-state index contributed by atoms with van der Waals surface area (Å²) in [5.74, 6) is -0.577. The largest absolute Gasteiger partial charge is 0.480 e. The molecule has 1 saturated heterocycles. The molecule has 1 fully saturated rings. The fraction of sp³-hybridized carbons (Fsp3) is 0.421. The van der Waals surface area contributed by atoms with Gasteiger partial charge in [-0.25, -0.2) is 4.79 Å². The number of nitrogens with zero attached hydrogens (tertiary/aromatic N) is 5. The highest BCUT2D eigenvalue weighted by molar-refractivity contribution is 6.40. The Morgan fingerprint density at radius 3 is 2.66 bits per heavy atom. The summed E-state index contributed by atoms with van der Waals surface area (Å²) in [7, 11) is 1.58. The van der Waals surface area contributed by atoms with E-state index >= 15 is 0 Å². The van der Waals surface area contributed by atoms with Crippen molar-refractivity contribution in [1.29, 1.82) is 0 Å². The first-order chi connectivity index (χ1) is 14.0. The molecule has 152 valence electrons. The van der Waals surface area contributed by atoms with Crippen molar-refractivity contribution < 1.29 is 24.0 Å². The van der Waals surface area contributed by atoms with Gasteiger partial charge in [-0.3, -0.25) is 9.80 Å². The van der Waals surface area contributed by atoms with Crippen molar-refractivity contribution >= 4 is 23.3 Å². The van der Waals surface area contributed by atoms with E-state index in [1.54, 1.807) is 43.2 Å². The highest BCUT2D eigenvalue weighted by atomic mass is 16.5. The lowest BCUT2D eigenvalue weighted by molar-refractivity contribution is -0.138. The maximum Gasteiger partial charge on any atom is 0.328 e. The lowest BCUT2D eigenvalue weighted by Gasteiger charge is -2.21. The number of aryl methyl sites for hydroxylation is 1. The number of likely N-dealkylation sites (tertiary alicyclic amines) is 1. The van der Waals surface area contributed by atoms with Gasteiger partial charge in [-0.15, -0.1) is 0 Å². The first kappa shape index (κ1) is 19.1. The first-order valence-corrected chi connectivity index (χ1v) is 9.26. The normalized spacial score (nSPS) is 24.1. The van der Waals surface area contributed by atoms with Crippen LogP contribution in [0.15, 0.2) is 40.0 Å². The van der Waals surface area contributed by atoms with Crippen molar-refractivity contribution in [3.8, 4) is 0 Å². The monoisotopic (exact) mass is 399 g/mol. The molecule has 1 unspecified atom stereocenters. The van der Waals surface area contributed by atoms with Crippen LogP contribution in [0.3, 0.4) is 0 Å². The quantitative estimate of drug-likeness (QED) is 0.800. The number of anilines is 1. The van der Waals surface area contributed by atoms with E-state index in [-0.39, 0.29) is 24.1 Å². The highest BCUT2D eigenvalue weighted by Gasteiger charge is 2.44. The second-order valence-corrected chi connectivity index (χ2v) is 7.03. The molecular weight excluding hydrogens is 378 g/mol. The molecule has 2 aromatic rings. The van der Waals surface area contributed by atoms with Crippen LogP contribution in [0.4, 0.5) is 5.69 Å². The smallest absolute Gasteiger partial charge is 0.328 e. The van der Waals surface area contributed by atoms with Crippen LogP contribution in [-0.4, -0.2) is 63.5 Å². The number of methoxy groups -OCH3 is 1. The minimum Gasteiger partial charge on any atom is -0.480 e. The molecule has 0 radical (unpaired) electrons. The molecule has 1 amide bonds. The molecule has 1 aromatic carbocycles. The molecule has 1 aromatic heterocycles. The summed E-state index contributed by atoms with van der Waals surface area (Å²) in [4.78, 5) is 30.9. The van der Waals surface area contributed by atoms with E-state index in [1.807, 2.05) is 6.07 Å². The van der Waals surface area contributed by atoms with Crippen molar-refractivity contribution in [2.45, 2.75) is 38.0 Å². The average Bonchev–Trinajstić information content (AvgIpc) is 3.45. The standard InChI is InChI=1S/C19H21N5O5/c1-11-20-17(29-22-11)15-8-13(28-2)10-23(15)18(25)14-9-16(19(26)27)24(21-14)12-6-4-3-5-7-12/h3-7,13,15-16H,8-10H2,1-2H3,(H,26,27)/t13-,15+,16?/m0/s1. The van der Waals surface area contributed by atoms with Gasteiger partial charge >= 0.3 is 5.97 Å². The molecule has 2 aliphatic rings. The summed E-state index contributed by atoms with van der Waals surface area (Å²) >= 11 is 0. The fourth-order valence-corrected chi connectivity index (χ4v) is 3.69. The van der Waals surface area contributed by atoms with Crippen LogP contribution in [0.2, 0.25) is 0 Å². The highest BCUT2D eigenvalue weighted by Crippen LogP contribution is 2.34. The predicted octanol–water partition coefficient (Wildman–Crippen LogP) is 1.39. The zero-order chi connectivity index (χ0) is 20.5. The molecule has 4 rings (SSSR count). The second-order valence-electron chi connectivity index (χ2n) is 7.03. The number of amides is 1. The third kappa shape index (κ3) is 3.58. The number of carbonyl (C=O) groups is 2. The Morgan fingerprint density at radius 1 is 1.28 bits per heavy atom. The van der Waals surface area contributed by atoms with E-state index < -0.39 is 18.1 Å². The molecule has 3 heterocycles. The number of hydrogen-bond acceptors (Lipinski definition) is 8. The number of ether oxygens (including phenoxy) is 1. The first-order valence-electron chi connectivity index (χ1n) is 9.26. The van der Waals surface area contributed by atoms with Crippen molar-refractivity contribution in [3.63, 3.8) is 0 Å². The van der Waals surface area contributed by atoms with Crippen LogP contribution in [0.25, 0.3) is 0 Å². The van der Waals surface area contributed by atoms with Crippen LogP contribution in [0, 0.1) is 6.92 Å². The van der Waals surface area contributed by atoms with Crippen LogP contribution in [0.5, 0.6) is 0 Å². The predicted molar refractivity (Wildman–Crippen MR) is 101 cm³/mol. The molecule has 0 bridgehead atoms. The molecule has 1 N–H and O–H groups in total. The number of para-hydroxylation sites is 1. The number of aliphatic carboxylic acids is 1. The number of rotatable bonds is 5. The Balaban J connectivity index is 1.62. The number of carboxylic acid groups (broad SMARTS) is 1. The molecule has 10 nitrogen and oxygen atoms in total. The number of carbonyl (C=O) groups excluding carboxylic acids is 1. The number of carboxylic acids is 1. The van der Waals surface area contributed by atoms with Gasteiger partial charge in [0.1, 0.15) is 11.8 Å². The van der Waals surface area contributed by atoms with Crippen molar-refractivity contribution in [2.24, 2.45) is 5.10 Å². The minimum absolute atomic E-state index is 0.00674. The molecular formula is C19H21N5O5. The van der Waals surface area contributed by atoms with Crippen molar-refractivity contribution in [1.82, 2.24) is 15.0 Å². The van der Waals surface area contributed by atoms with E-state index in [9.17, 15) is 14.7 Å². The Kier molecular flexibility index (Phi) is 5.01. The molecule has 2 aliphatic heterocycles. The Bertz CT molecular complexity index is 943. The third-order valence-corrected chi connectivity index (χ3v) is 5.15. The van der Waals surface area contributed by atoms with Crippen LogP contribution in [-0.2, 0) is 14.3 Å². The van der Waals surface area contributed by atoms with Gasteiger partial charge in [0.2, 0.25) is 5.89 Å². The summed E-state index contributed by atoms with van der Waals surface area (Å²) in [6.07, 6.45) is 0.341. The zero-order valence-corrected chi connectivity index (χ0v) is 16.1. The summed E-state index contributed by atoms with van der Waals surface area (Å²) in [6.45, 7) is 2.04. The van der Waals surface area contributed by atoms with Crippen molar-refractivity contribution in [3.05, 3.63) is 42.0 Å². The number of aromatic nitrogens is 2. The van der Waals surface area contributed by atoms with E-state index in [0.717, 1.165) is 0 Å². The van der Waals surface area contributed by atoms with Gasteiger partial charge in [-0.2, -0.15) is 10.1 Å². The zero-order valence-electron chi connectivity index (χ0n) is 16.1. The van der Waals surface area contributed by atoms with Gasteiger partial charge in [-0.05, 0) is 19.1 Å². The molecule has 0 spiro atoms. The van der Waals surface area contributed by atoms with Crippen LogP contribution < -0.4 is 5.01 Å². The second kappa shape index (κ2) is 7.63. The minimum atomic E-state index is -1.04. The van der Waals surface area contributed by atoms with E-state index in [4.69, 9.17) is 9.26 Å². The fourth-order valence-electron chi connectivity index (χ4n) is 3.69. The molecule has 0 aliphatic carbocycles. The number of hydrazone groups is 1. The molecule has 0 saturated carbocycles. The number of benzene rings is 1. The Hall–Kier alpha value is -3.27. The average molecular weight is 399 g/mol. The van der Waals surface area contributed by atoms with Crippen molar-refractivity contribution in [2.75, 3.05) is 18.7 Å². The van der Waals surface area contributed by atoms with E-state index in [1.165, 1.54) is 5.01 Å². The summed E-state index contributed by atoms with van der Waals surface area (Å²) in [6, 6.07) is 7.55. The lowest BCUT2D eigenvalue weighted by Crippen LogP contribution is -2.38. The maximum absolute atomic E-state index is 13.3. The maximum atomic E-state index is 13.3. The van der Waals surface area contributed by atoms with Gasteiger partial charge in [0.25, 0.3) is 5.91 Å². The topological polar surface area (TPSA) is 121 Å². The van der Waals surface area contributed by atoms with Gasteiger partial charge in [0, 0.05) is 26.5 Å². The molecule has 10 heteroatoms. The SMILES string of the molecule is CO[C@H]1C[C@H](c2nc(C)no2)N(C(=O)C2=NN(c3ccccc3)C(C(=O)O)C2)C1. The van der Waals surface area contributed by atoms with E-state index in [2.05, 4.69) is 15.2 Å². The van der Waals surface area contributed by atoms with Crippen LogP contribution >= 0.6 is 0 Å². The van der Waals surface area contributed by atoms with Crippen LogP contribution in [0.1, 0.15) is 30.6 Å². The summed E-state index contributed by atoms with van der Waals surface area (Å²) in [5, 5.41) is 19.2. The Morgan fingerprint density at radius 2 is 2.03 bits per heavy atom. The van der Waals surface area contributed by atoms with Gasteiger partial charge < -0.3 is 19.3 Å². The van der Waals surface area contributed by atoms with Gasteiger partial charge in [0.05, 0.1) is 11.8 Å². The molecule has 3 atom stereocenters. The number of hydrogen-bond donors (Lipinski definition) is 1. The van der Waals surface area contributed by atoms with Gasteiger partial charge in [0.15, 0.2) is 11.9 Å². The third-order valence-electron chi connectivity index (χ3n) is 5.15. The summed E-state index contributed by atoms with van der Waals surface area (Å²) in [5.41, 5.74) is 0.794. The Labute approximate surface area is 166 Å². The molecule has 29 heavy (non-hydrogen) atoms. The lowest BCUT2D eigenvalue weighted by atomic mass is 10.1. The van der Waals surface area contributed by atoms with Gasteiger partial charge in [-0.1, -0.05) is 23.4 Å². The van der Waals surface area contributed by atoms with E-state index in [0.29, 0.717) is 30.4 Å². The summed E-state index contributed by atoms with van der Waals surface area (Å²) < 4.78 is 10.7.